The van der Waals surface area contributed by atoms with Gasteiger partial charge in [-0.1, -0.05) is 0 Å². The average Bonchev–Trinajstić information content (AvgIpc) is 3.07. The first-order valence-corrected chi connectivity index (χ1v) is 7.51. The standard InChI is InChI=1S/C10H15F3N4O2S/c1-6-8(4-14-7-2-3-7)9(17-16-6)20(18,19)15-5-10(11,12)13/h7,14-15H,2-5H2,1H3,(H,16,17). The highest BCUT2D eigenvalue weighted by Crippen LogP contribution is 2.22. The zero-order chi connectivity index (χ0) is 15.0. The smallest absolute Gasteiger partial charge is 0.310 e. The molecule has 20 heavy (non-hydrogen) atoms. The zero-order valence-electron chi connectivity index (χ0n) is 10.7. The zero-order valence-corrected chi connectivity index (χ0v) is 11.5. The van der Waals surface area contributed by atoms with Crippen LogP contribution in [0.25, 0.3) is 0 Å². The number of aromatic nitrogens is 2. The van der Waals surface area contributed by atoms with Gasteiger partial charge in [-0.2, -0.15) is 18.3 Å². The Bertz CT molecular complexity index is 578. The van der Waals surface area contributed by atoms with Crippen molar-refractivity contribution in [3.63, 3.8) is 0 Å². The number of sulfonamides is 1. The van der Waals surface area contributed by atoms with Crippen molar-refractivity contribution in [1.82, 2.24) is 20.2 Å². The van der Waals surface area contributed by atoms with Crippen LogP contribution in [0.1, 0.15) is 24.1 Å². The van der Waals surface area contributed by atoms with E-state index >= 15 is 0 Å². The molecule has 1 fully saturated rings. The van der Waals surface area contributed by atoms with Crippen molar-refractivity contribution >= 4 is 10.0 Å². The van der Waals surface area contributed by atoms with Crippen LogP contribution in [-0.4, -0.2) is 37.4 Å². The first-order valence-electron chi connectivity index (χ1n) is 6.03. The summed E-state index contributed by atoms with van der Waals surface area (Å²) < 4.78 is 61.5. The van der Waals surface area contributed by atoms with E-state index in [2.05, 4.69) is 15.5 Å². The molecule has 10 heteroatoms. The van der Waals surface area contributed by atoms with Crippen molar-refractivity contribution < 1.29 is 21.6 Å². The lowest BCUT2D eigenvalue weighted by Crippen LogP contribution is -2.34. The highest BCUT2D eigenvalue weighted by atomic mass is 32.2. The molecule has 1 aromatic rings. The Morgan fingerprint density at radius 3 is 2.60 bits per heavy atom. The van der Waals surface area contributed by atoms with Gasteiger partial charge < -0.3 is 5.32 Å². The molecule has 6 nitrogen and oxygen atoms in total. The highest BCUT2D eigenvalue weighted by Gasteiger charge is 2.32. The summed E-state index contributed by atoms with van der Waals surface area (Å²) in [4.78, 5) is 0. The second-order valence-corrected chi connectivity index (χ2v) is 6.41. The van der Waals surface area contributed by atoms with E-state index in [1.807, 2.05) is 0 Å². The van der Waals surface area contributed by atoms with E-state index in [1.54, 1.807) is 6.92 Å². The van der Waals surface area contributed by atoms with E-state index in [0.29, 0.717) is 17.3 Å². The lowest BCUT2D eigenvalue weighted by Gasteiger charge is -2.09. The molecule has 1 heterocycles. The molecule has 0 aliphatic heterocycles. The van der Waals surface area contributed by atoms with Crippen molar-refractivity contribution in [2.24, 2.45) is 0 Å². The van der Waals surface area contributed by atoms with Gasteiger partial charge in [0.25, 0.3) is 10.0 Å². The summed E-state index contributed by atoms with van der Waals surface area (Å²) in [6.45, 7) is 0.270. The van der Waals surface area contributed by atoms with E-state index < -0.39 is 22.7 Å². The molecule has 3 N–H and O–H groups in total. The van der Waals surface area contributed by atoms with Crippen molar-refractivity contribution in [1.29, 1.82) is 0 Å². The molecular formula is C10H15F3N4O2S. The summed E-state index contributed by atoms with van der Waals surface area (Å²) in [7, 11) is -4.28. The molecule has 0 saturated heterocycles. The van der Waals surface area contributed by atoms with E-state index in [1.165, 1.54) is 4.72 Å². The van der Waals surface area contributed by atoms with Gasteiger partial charge in [-0.3, -0.25) is 5.10 Å². The monoisotopic (exact) mass is 312 g/mol. The predicted octanol–water partition coefficient (Wildman–Crippen LogP) is 0.811. The minimum absolute atomic E-state index is 0.259. The van der Waals surface area contributed by atoms with Gasteiger partial charge in [0.2, 0.25) is 0 Å². The summed E-state index contributed by atoms with van der Waals surface area (Å²) in [5, 5.41) is 8.83. The fraction of sp³-hybridized carbons (Fsp3) is 0.700. The van der Waals surface area contributed by atoms with Crippen LogP contribution in [0.4, 0.5) is 13.2 Å². The second kappa shape index (κ2) is 5.34. The maximum absolute atomic E-state index is 12.1. The van der Waals surface area contributed by atoms with Crippen LogP contribution in [-0.2, 0) is 16.6 Å². The van der Waals surface area contributed by atoms with E-state index in [-0.39, 0.29) is 11.6 Å². The molecule has 114 valence electrons. The Hall–Kier alpha value is -1.13. The maximum Gasteiger partial charge on any atom is 0.402 e. The minimum atomic E-state index is -4.61. The molecule has 0 spiro atoms. The summed E-state index contributed by atoms with van der Waals surface area (Å²) in [6.07, 6.45) is -2.57. The molecule has 1 aliphatic carbocycles. The third-order valence-corrected chi connectivity index (χ3v) is 4.27. The van der Waals surface area contributed by atoms with Crippen molar-refractivity contribution in [3.8, 4) is 0 Å². The van der Waals surface area contributed by atoms with Gasteiger partial charge in [0.1, 0.15) is 6.54 Å². The topological polar surface area (TPSA) is 86.9 Å². The van der Waals surface area contributed by atoms with E-state index in [0.717, 1.165) is 12.8 Å². The number of aryl methyl sites for hydroxylation is 1. The Morgan fingerprint density at radius 2 is 2.05 bits per heavy atom. The first-order chi connectivity index (χ1) is 9.19. The van der Waals surface area contributed by atoms with Crippen LogP contribution < -0.4 is 10.0 Å². The first kappa shape index (κ1) is 15.3. The number of nitrogens with zero attached hydrogens (tertiary/aromatic N) is 1. The normalized spacial score (nSPS) is 16.6. The minimum Gasteiger partial charge on any atom is -0.310 e. The van der Waals surface area contributed by atoms with E-state index in [9.17, 15) is 21.6 Å². The third kappa shape index (κ3) is 3.93. The Morgan fingerprint density at radius 1 is 1.40 bits per heavy atom. The van der Waals surface area contributed by atoms with Gasteiger partial charge in [0, 0.05) is 23.8 Å². The molecule has 0 bridgehead atoms. The lowest BCUT2D eigenvalue weighted by atomic mass is 10.2. The van der Waals surface area contributed by atoms with Gasteiger partial charge in [-0.25, -0.2) is 13.1 Å². The van der Waals surface area contributed by atoms with Gasteiger partial charge in [-0.05, 0) is 19.8 Å². The van der Waals surface area contributed by atoms with E-state index in [4.69, 9.17) is 0 Å². The number of hydrogen-bond donors (Lipinski definition) is 3. The molecule has 0 radical (unpaired) electrons. The van der Waals surface area contributed by atoms with Crippen LogP contribution in [0.2, 0.25) is 0 Å². The van der Waals surface area contributed by atoms with Gasteiger partial charge in [0.05, 0.1) is 0 Å². The quantitative estimate of drug-likeness (QED) is 0.725. The lowest BCUT2D eigenvalue weighted by molar-refractivity contribution is -0.121. The fourth-order valence-corrected chi connectivity index (χ4v) is 2.85. The highest BCUT2D eigenvalue weighted by molar-refractivity contribution is 7.89. The van der Waals surface area contributed by atoms with Crippen molar-refractivity contribution in [2.45, 2.75) is 43.6 Å². The van der Waals surface area contributed by atoms with Gasteiger partial charge in [-0.15, -0.1) is 0 Å². The molecule has 0 atom stereocenters. The average molecular weight is 312 g/mol. The number of alkyl halides is 3. The fourth-order valence-electron chi connectivity index (χ4n) is 1.64. The van der Waals surface area contributed by atoms with Crippen molar-refractivity contribution in [2.75, 3.05) is 6.54 Å². The Balaban J connectivity index is 2.13. The summed E-state index contributed by atoms with van der Waals surface area (Å²) in [5.41, 5.74) is 0.886. The molecule has 0 unspecified atom stereocenters. The maximum atomic E-state index is 12.1. The van der Waals surface area contributed by atoms with Crippen molar-refractivity contribution in [3.05, 3.63) is 11.3 Å². The van der Waals surface area contributed by atoms with Crippen LogP contribution in [0.3, 0.4) is 0 Å². The largest absolute Gasteiger partial charge is 0.402 e. The number of halogens is 3. The molecular weight excluding hydrogens is 297 g/mol. The molecule has 1 aromatic heterocycles. The van der Waals surface area contributed by atoms with Crippen LogP contribution in [0, 0.1) is 6.92 Å². The van der Waals surface area contributed by atoms with Crippen LogP contribution in [0.5, 0.6) is 0 Å². The third-order valence-electron chi connectivity index (χ3n) is 2.90. The summed E-state index contributed by atoms with van der Waals surface area (Å²) >= 11 is 0. The summed E-state index contributed by atoms with van der Waals surface area (Å²) in [5.74, 6) is 0. The number of H-pyrrole nitrogens is 1. The van der Waals surface area contributed by atoms with Crippen LogP contribution >= 0.6 is 0 Å². The summed E-state index contributed by atoms with van der Waals surface area (Å²) in [6, 6.07) is 0.350. The number of aromatic amines is 1. The Kier molecular flexibility index (Phi) is 4.07. The SMILES string of the molecule is Cc1[nH]nc(S(=O)(=O)NCC(F)(F)F)c1CNC1CC1. The molecule has 1 aliphatic rings. The molecule has 0 aromatic carbocycles. The molecule has 0 amide bonds. The molecule has 1 saturated carbocycles. The predicted molar refractivity (Wildman–Crippen MR) is 64.4 cm³/mol. The number of hydrogen-bond acceptors (Lipinski definition) is 4. The van der Waals surface area contributed by atoms with Gasteiger partial charge in [0.15, 0.2) is 5.03 Å². The second-order valence-electron chi connectivity index (χ2n) is 4.73. The van der Waals surface area contributed by atoms with Crippen LogP contribution in [0.15, 0.2) is 5.03 Å². The van der Waals surface area contributed by atoms with Gasteiger partial charge >= 0.3 is 6.18 Å². The number of nitrogens with one attached hydrogen (secondary N) is 3. The molecule has 2 rings (SSSR count). The Labute approximate surface area is 114 Å². The number of rotatable bonds is 6.